The number of amides is 1. The predicted molar refractivity (Wildman–Crippen MR) is 79.8 cm³/mol. The number of aromatic nitrogens is 4. The Hall–Kier alpha value is -1.83. The molecule has 13 heteroatoms. The molecule has 0 spiro atoms. The van der Waals surface area contributed by atoms with E-state index < -0.39 is 39.3 Å². The highest BCUT2D eigenvalue weighted by Gasteiger charge is 2.52. The maximum Gasteiger partial charge on any atom is 0.352 e. The lowest BCUT2D eigenvalue weighted by Gasteiger charge is -2.48. The number of hydrogen-bond donors (Lipinski definition) is 4. The summed E-state index contributed by atoms with van der Waals surface area (Å²) in [6, 6.07) is -0.750. The summed E-state index contributed by atoms with van der Waals surface area (Å²) in [7, 11) is -2.60. The molecular formula is C10H14N6O5S2. The van der Waals surface area contributed by atoms with E-state index in [2.05, 4.69) is 15.5 Å². The van der Waals surface area contributed by atoms with Gasteiger partial charge in [-0.25, -0.2) is 13.7 Å². The summed E-state index contributed by atoms with van der Waals surface area (Å²) in [5, 5.41) is 19.0. The van der Waals surface area contributed by atoms with E-state index in [1.807, 2.05) is 0 Å². The smallest absolute Gasteiger partial charge is 0.352 e. The number of aliphatic carboxylic acids is 1. The first-order valence-corrected chi connectivity index (χ1v) is 9.33. The van der Waals surface area contributed by atoms with Crippen LogP contribution >= 0.6 is 11.8 Å². The number of β-lactam (4-membered cyclic amide) rings is 1. The van der Waals surface area contributed by atoms with Crippen molar-refractivity contribution in [3.63, 3.8) is 0 Å². The van der Waals surface area contributed by atoms with Gasteiger partial charge in [-0.2, -0.15) is 0 Å². The van der Waals surface area contributed by atoms with Crippen LogP contribution in [-0.2, 0) is 26.9 Å². The zero-order valence-electron chi connectivity index (χ0n) is 11.9. The van der Waals surface area contributed by atoms with Crippen molar-refractivity contribution in [2.75, 3.05) is 11.5 Å². The van der Waals surface area contributed by atoms with Crippen molar-refractivity contribution >= 4 is 33.9 Å². The average molecular weight is 362 g/mol. The van der Waals surface area contributed by atoms with Gasteiger partial charge in [0, 0.05) is 12.8 Å². The highest BCUT2D eigenvalue weighted by Crippen LogP contribution is 2.40. The quantitative estimate of drug-likeness (QED) is 0.336. The van der Waals surface area contributed by atoms with E-state index in [4.69, 9.17) is 5.73 Å². The van der Waals surface area contributed by atoms with Crippen molar-refractivity contribution in [2.24, 2.45) is 12.8 Å². The Morgan fingerprint density at radius 1 is 1.57 bits per heavy atom. The molecule has 0 saturated carbocycles. The third-order valence-electron chi connectivity index (χ3n) is 3.61. The molecule has 0 aromatic carbocycles. The molecule has 2 unspecified atom stereocenters. The lowest BCUT2D eigenvalue weighted by Crippen LogP contribution is -2.68. The SMILES string of the molecule is Cn1nnnc1[SH](=O)(O)CC1=C(C(=O)O)N2C(=O)C(N)C2SC1. The summed E-state index contributed by atoms with van der Waals surface area (Å²) in [6.45, 7) is 0. The summed E-state index contributed by atoms with van der Waals surface area (Å²) in [6.07, 6.45) is 0. The number of carboxylic acid groups (broad SMARTS) is 1. The normalized spacial score (nSPS) is 25.2. The summed E-state index contributed by atoms with van der Waals surface area (Å²) in [4.78, 5) is 24.4. The molecule has 23 heavy (non-hydrogen) atoms. The Morgan fingerprint density at radius 3 is 2.83 bits per heavy atom. The molecular weight excluding hydrogens is 348 g/mol. The largest absolute Gasteiger partial charge is 0.477 e. The van der Waals surface area contributed by atoms with Gasteiger partial charge in [0.2, 0.25) is 5.91 Å². The van der Waals surface area contributed by atoms with E-state index in [1.165, 1.54) is 18.8 Å². The molecule has 126 valence electrons. The minimum Gasteiger partial charge on any atom is -0.477 e. The third kappa shape index (κ3) is 2.45. The van der Waals surface area contributed by atoms with Gasteiger partial charge in [-0.3, -0.25) is 14.2 Å². The maximum absolute atomic E-state index is 12.5. The van der Waals surface area contributed by atoms with E-state index >= 15 is 0 Å². The molecule has 2 atom stereocenters. The highest BCUT2D eigenvalue weighted by molar-refractivity contribution is 8.00. The van der Waals surface area contributed by atoms with E-state index in [9.17, 15) is 23.5 Å². The number of tetrazole rings is 1. The van der Waals surface area contributed by atoms with Gasteiger partial charge < -0.3 is 10.8 Å². The first kappa shape index (κ1) is 16.0. The van der Waals surface area contributed by atoms with Crippen molar-refractivity contribution in [1.82, 2.24) is 25.1 Å². The number of carbonyl (C=O) groups excluding carboxylic acids is 1. The molecule has 1 aromatic rings. The van der Waals surface area contributed by atoms with Gasteiger partial charge in [0.05, 0.1) is 5.75 Å². The van der Waals surface area contributed by atoms with Crippen LogP contribution < -0.4 is 5.73 Å². The molecule has 2 aliphatic heterocycles. The number of carboxylic acids is 1. The molecule has 0 radical (unpaired) electrons. The van der Waals surface area contributed by atoms with Crippen molar-refractivity contribution < 1.29 is 23.5 Å². The van der Waals surface area contributed by atoms with Crippen LogP contribution in [0, 0.1) is 0 Å². The number of thiol groups is 1. The minimum atomic E-state index is -4.01. The van der Waals surface area contributed by atoms with Gasteiger partial charge in [0.1, 0.15) is 17.1 Å². The van der Waals surface area contributed by atoms with Crippen LogP contribution in [0.1, 0.15) is 0 Å². The monoisotopic (exact) mass is 362 g/mol. The van der Waals surface area contributed by atoms with Gasteiger partial charge in [-0.15, -0.1) is 22.0 Å². The van der Waals surface area contributed by atoms with E-state index in [1.54, 1.807) is 0 Å². The van der Waals surface area contributed by atoms with Crippen LogP contribution in [0.15, 0.2) is 16.4 Å². The van der Waals surface area contributed by atoms with E-state index in [0.29, 0.717) is 0 Å². The Balaban J connectivity index is 1.97. The molecule has 1 saturated heterocycles. The van der Waals surface area contributed by atoms with Gasteiger partial charge in [-0.05, 0) is 16.0 Å². The van der Waals surface area contributed by atoms with Crippen LogP contribution in [0.4, 0.5) is 0 Å². The van der Waals surface area contributed by atoms with Gasteiger partial charge in [0.25, 0.3) is 5.16 Å². The second-order valence-electron chi connectivity index (χ2n) is 5.16. The number of thioether (sulfide) groups is 1. The number of carbonyl (C=O) groups is 2. The van der Waals surface area contributed by atoms with Gasteiger partial charge in [0.15, 0.2) is 0 Å². The molecule has 3 heterocycles. The molecule has 0 aliphatic carbocycles. The Bertz CT molecular complexity index is 776. The third-order valence-corrected chi connectivity index (χ3v) is 6.78. The van der Waals surface area contributed by atoms with Crippen LogP contribution in [0.25, 0.3) is 0 Å². The first-order valence-electron chi connectivity index (χ1n) is 6.44. The van der Waals surface area contributed by atoms with Crippen LogP contribution in [0.5, 0.6) is 0 Å². The Labute approximate surface area is 135 Å². The summed E-state index contributed by atoms with van der Waals surface area (Å²) < 4.78 is 23.8. The molecule has 4 N–H and O–H groups in total. The molecule has 0 bridgehead atoms. The topological polar surface area (TPSA) is 165 Å². The predicted octanol–water partition coefficient (Wildman–Crippen LogP) is -2.36. The summed E-state index contributed by atoms with van der Waals surface area (Å²) in [5.41, 5.74) is 5.56. The lowest BCUT2D eigenvalue weighted by molar-refractivity contribution is -0.147. The summed E-state index contributed by atoms with van der Waals surface area (Å²) >= 11 is 1.26. The van der Waals surface area contributed by atoms with Crippen molar-refractivity contribution in [3.05, 3.63) is 11.3 Å². The number of nitrogens with zero attached hydrogens (tertiary/aromatic N) is 5. The molecule has 1 aromatic heterocycles. The standard InChI is InChI=1S/C10H14N6O5S2/c1-15-10(12-13-14-15)23(20,21)3-4-2-22-8-5(11)7(17)16(8)6(4)9(18)19/h5,8,23H,2-3,11H2,1H3,(H,18,19)(H,20,21). The number of rotatable bonds is 4. The van der Waals surface area contributed by atoms with Crippen LogP contribution in [0.3, 0.4) is 0 Å². The molecule has 1 fully saturated rings. The maximum atomic E-state index is 12.5. The second kappa shape index (κ2) is 5.36. The Kier molecular flexibility index (Phi) is 3.74. The fraction of sp³-hybridized carbons (Fsp3) is 0.500. The number of hydrogen-bond acceptors (Lipinski definition) is 8. The van der Waals surface area contributed by atoms with E-state index in [0.717, 1.165) is 9.58 Å². The van der Waals surface area contributed by atoms with Crippen LogP contribution in [-0.4, -0.2) is 73.8 Å². The van der Waals surface area contributed by atoms with Crippen molar-refractivity contribution in [1.29, 1.82) is 0 Å². The fourth-order valence-electron chi connectivity index (χ4n) is 2.55. The minimum absolute atomic E-state index is 0.188. The zero-order chi connectivity index (χ0) is 16.9. The number of nitrogens with two attached hydrogens (primary N) is 1. The zero-order valence-corrected chi connectivity index (χ0v) is 13.6. The lowest BCUT2D eigenvalue weighted by atomic mass is 10.0. The van der Waals surface area contributed by atoms with Gasteiger partial charge in [-0.1, -0.05) is 5.10 Å². The number of aryl methyl sites for hydroxylation is 1. The molecule has 2 aliphatic rings. The van der Waals surface area contributed by atoms with Crippen molar-refractivity contribution in [3.8, 4) is 0 Å². The average Bonchev–Trinajstić information content (AvgIpc) is 2.92. The van der Waals surface area contributed by atoms with Crippen LogP contribution in [0.2, 0.25) is 0 Å². The summed E-state index contributed by atoms with van der Waals surface area (Å²) in [5.74, 6) is -2.09. The fourth-order valence-corrected chi connectivity index (χ4v) is 5.59. The second-order valence-corrected chi connectivity index (χ2v) is 8.38. The molecule has 11 nitrogen and oxygen atoms in total. The number of fused-ring (bicyclic) bond motifs is 1. The van der Waals surface area contributed by atoms with Crippen molar-refractivity contribution in [2.45, 2.75) is 16.6 Å². The first-order chi connectivity index (χ1) is 10.7. The molecule has 1 amide bonds. The van der Waals surface area contributed by atoms with E-state index in [-0.39, 0.29) is 22.2 Å². The van der Waals surface area contributed by atoms with Gasteiger partial charge >= 0.3 is 5.97 Å². The Morgan fingerprint density at radius 2 is 2.26 bits per heavy atom. The highest BCUT2D eigenvalue weighted by atomic mass is 32.3. The molecule has 3 rings (SSSR count).